The molecule has 0 heterocycles. The highest BCUT2D eigenvalue weighted by Gasteiger charge is 2.05. The average Bonchev–Trinajstić information content (AvgIpc) is 2.46. The Balaban J connectivity index is 2.15. The Labute approximate surface area is 112 Å². The number of hydrogen-bond acceptors (Lipinski definition) is 2. The fourth-order valence-corrected chi connectivity index (χ4v) is 1.52. The third-order valence-electron chi connectivity index (χ3n) is 2.38. The number of rotatable bonds is 3. The molecule has 2 rings (SSSR count). The average molecular weight is 251 g/mol. The minimum atomic E-state index is -0.243. The maximum absolute atomic E-state index is 11.7. The van der Waals surface area contributed by atoms with Crippen LogP contribution in [0.15, 0.2) is 54.6 Å². The predicted octanol–water partition coefficient (Wildman–Crippen LogP) is 3.19. The van der Waals surface area contributed by atoms with Crippen molar-refractivity contribution in [2.45, 2.75) is 6.92 Å². The van der Waals surface area contributed by atoms with Gasteiger partial charge in [0.1, 0.15) is 11.5 Å². The van der Waals surface area contributed by atoms with E-state index in [1.54, 1.807) is 31.2 Å². The van der Waals surface area contributed by atoms with Crippen molar-refractivity contribution in [3.05, 3.63) is 60.2 Å². The van der Waals surface area contributed by atoms with Crippen molar-refractivity contribution >= 4 is 5.91 Å². The smallest absolute Gasteiger partial charge is 0.262 e. The first-order chi connectivity index (χ1) is 9.29. The van der Waals surface area contributed by atoms with E-state index in [4.69, 9.17) is 4.74 Å². The van der Waals surface area contributed by atoms with E-state index >= 15 is 0 Å². The summed E-state index contributed by atoms with van der Waals surface area (Å²) >= 11 is 0. The summed E-state index contributed by atoms with van der Waals surface area (Å²) in [5.74, 6) is 3.71. The van der Waals surface area contributed by atoms with Crippen LogP contribution in [-0.2, 0) is 0 Å². The number of amides is 1. The largest absolute Gasteiger partial charge is 0.457 e. The molecule has 0 spiro atoms. The molecule has 0 fully saturated rings. The lowest BCUT2D eigenvalue weighted by atomic mass is 10.2. The summed E-state index contributed by atoms with van der Waals surface area (Å²) in [6, 6.07) is 18.9. The molecule has 3 heteroatoms. The lowest BCUT2D eigenvalue weighted by molar-refractivity contribution is 0.0973. The van der Waals surface area contributed by atoms with Crippen LogP contribution in [0.1, 0.15) is 17.3 Å². The van der Waals surface area contributed by atoms with Gasteiger partial charge in [-0.05, 0) is 37.3 Å². The standard InChI is InChI=1S/C16H13NO2/c1-2-11-17-16(18)13-7-6-10-15(12-13)19-14-8-4-3-5-9-14/h3-10,12H,1H3,(H,17,18). The van der Waals surface area contributed by atoms with Gasteiger partial charge in [-0.15, -0.1) is 0 Å². The maximum atomic E-state index is 11.7. The lowest BCUT2D eigenvalue weighted by Crippen LogP contribution is -2.17. The van der Waals surface area contributed by atoms with Crippen LogP contribution in [0.4, 0.5) is 0 Å². The minimum Gasteiger partial charge on any atom is -0.457 e. The molecule has 2 aromatic rings. The minimum absolute atomic E-state index is 0.243. The molecule has 19 heavy (non-hydrogen) atoms. The van der Waals surface area contributed by atoms with Gasteiger partial charge < -0.3 is 4.74 Å². The molecule has 94 valence electrons. The first kappa shape index (κ1) is 12.7. The van der Waals surface area contributed by atoms with E-state index in [9.17, 15) is 4.79 Å². The SMILES string of the molecule is CC#CNC(=O)c1cccc(Oc2ccccc2)c1. The summed E-state index contributed by atoms with van der Waals surface area (Å²) in [5.41, 5.74) is 0.510. The first-order valence-corrected chi connectivity index (χ1v) is 5.84. The maximum Gasteiger partial charge on any atom is 0.262 e. The quantitative estimate of drug-likeness (QED) is 0.672. The summed E-state index contributed by atoms with van der Waals surface area (Å²) in [6.45, 7) is 1.66. The molecule has 0 aromatic heterocycles. The van der Waals surface area contributed by atoms with Gasteiger partial charge >= 0.3 is 0 Å². The molecule has 3 nitrogen and oxygen atoms in total. The normalized spacial score (nSPS) is 9.11. The van der Waals surface area contributed by atoms with Gasteiger partial charge in [-0.25, -0.2) is 0 Å². The van der Waals surface area contributed by atoms with Crippen molar-refractivity contribution in [2.24, 2.45) is 0 Å². The number of benzene rings is 2. The Kier molecular flexibility index (Phi) is 4.20. The van der Waals surface area contributed by atoms with Crippen LogP contribution in [0.5, 0.6) is 11.5 Å². The van der Waals surface area contributed by atoms with Crippen LogP contribution in [0, 0.1) is 12.0 Å². The van der Waals surface area contributed by atoms with Crippen LogP contribution in [0.25, 0.3) is 0 Å². The van der Waals surface area contributed by atoms with E-state index in [2.05, 4.69) is 17.3 Å². The Morgan fingerprint density at radius 2 is 1.79 bits per heavy atom. The molecule has 1 N–H and O–H groups in total. The van der Waals surface area contributed by atoms with Gasteiger partial charge in [0.15, 0.2) is 0 Å². The predicted molar refractivity (Wildman–Crippen MR) is 73.9 cm³/mol. The van der Waals surface area contributed by atoms with Crippen LogP contribution < -0.4 is 10.1 Å². The van der Waals surface area contributed by atoms with Crippen molar-refractivity contribution < 1.29 is 9.53 Å². The second-order valence-corrected chi connectivity index (χ2v) is 3.77. The van der Waals surface area contributed by atoms with Gasteiger partial charge in [0.2, 0.25) is 0 Å². The molecule has 0 aliphatic heterocycles. The Morgan fingerprint density at radius 1 is 1.05 bits per heavy atom. The summed E-state index contributed by atoms with van der Waals surface area (Å²) in [7, 11) is 0. The van der Waals surface area contributed by atoms with Gasteiger partial charge in [-0.3, -0.25) is 10.1 Å². The second-order valence-electron chi connectivity index (χ2n) is 3.77. The molecular formula is C16H13NO2. The number of nitrogens with one attached hydrogen (secondary N) is 1. The van der Waals surface area contributed by atoms with Crippen LogP contribution in [0.3, 0.4) is 0 Å². The molecule has 0 saturated carbocycles. The summed E-state index contributed by atoms with van der Waals surface area (Å²) in [6.07, 6.45) is 0. The number of carbonyl (C=O) groups excluding carboxylic acids is 1. The highest BCUT2D eigenvalue weighted by molar-refractivity contribution is 5.95. The van der Waals surface area contributed by atoms with Gasteiger partial charge in [0.25, 0.3) is 5.91 Å². The van der Waals surface area contributed by atoms with Gasteiger partial charge in [0.05, 0.1) is 0 Å². The molecule has 0 atom stereocenters. The zero-order valence-corrected chi connectivity index (χ0v) is 10.5. The van der Waals surface area contributed by atoms with E-state index in [1.165, 1.54) is 0 Å². The summed E-state index contributed by atoms with van der Waals surface area (Å²) < 4.78 is 5.66. The third-order valence-corrected chi connectivity index (χ3v) is 2.38. The van der Waals surface area contributed by atoms with E-state index in [0.29, 0.717) is 11.3 Å². The molecule has 2 aromatic carbocycles. The molecular weight excluding hydrogens is 238 g/mol. The van der Waals surface area contributed by atoms with Crippen LogP contribution in [0.2, 0.25) is 0 Å². The topological polar surface area (TPSA) is 38.3 Å². The Bertz CT molecular complexity index is 624. The van der Waals surface area contributed by atoms with Gasteiger partial charge in [-0.2, -0.15) is 0 Å². The summed E-state index contributed by atoms with van der Waals surface area (Å²) in [4.78, 5) is 11.7. The van der Waals surface area contributed by atoms with E-state index < -0.39 is 0 Å². The van der Waals surface area contributed by atoms with Crippen molar-refractivity contribution in [1.82, 2.24) is 5.32 Å². The lowest BCUT2D eigenvalue weighted by Gasteiger charge is -2.06. The zero-order valence-electron chi connectivity index (χ0n) is 10.5. The van der Waals surface area contributed by atoms with Crippen molar-refractivity contribution in [3.63, 3.8) is 0 Å². The highest BCUT2D eigenvalue weighted by atomic mass is 16.5. The molecule has 0 saturated heterocycles. The fraction of sp³-hybridized carbons (Fsp3) is 0.0625. The molecule has 1 amide bonds. The fourth-order valence-electron chi connectivity index (χ4n) is 1.52. The van der Waals surface area contributed by atoms with E-state index in [0.717, 1.165) is 5.75 Å². The van der Waals surface area contributed by atoms with Crippen LogP contribution in [-0.4, -0.2) is 5.91 Å². The van der Waals surface area contributed by atoms with Gasteiger partial charge in [-0.1, -0.05) is 30.2 Å². The van der Waals surface area contributed by atoms with E-state index in [-0.39, 0.29) is 5.91 Å². The molecule has 0 radical (unpaired) electrons. The zero-order chi connectivity index (χ0) is 13.5. The number of para-hydroxylation sites is 1. The number of carbonyl (C=O) groups is 1. The number of ether oxygens (including phenoxy) is 1. The van der Waals surface area contributed by atoms with Crippen molar-refractivity contribution in [3.8, 4) is 23.5 Å². The molecule has 0 unspecified atom stereocenters. The van der Waals surface area contributed by atoms with Crippen LogP contribution >= 0.6 is 0 Å². The molecule has 0 bridgehead atoms. The molecule has 0 aliphatic rings. The highest BCUT2D eigenvalue weighted by Crippen LogP contribution is 2.21. The Hall–Kier alpha value is -2.73. The third kappa shape index (κ3) is 3.62. The second kappa shape index (κ2) is 6.27. The molecule has 0 aliphatic carbocycles. The summed E-state index contributed by atoms with van der Waals surface area (Å²) in [5, 5.41) is 2.48. The van der Waals surface area contributed by atoms with E-state index in [1.807, 2.05) is 30.3 Å². The Morgan fingerprint density at radius 3 is 2.53 bits per heavy atom. The number of hydrogen-bond donors (Lipinski definition) is 1. The first-order valence-electron chi connectivity index (χ1n) is 5.84. The van der Waals surface area contributed by atoms with Crippen molar-refractivity contribution in [1.29, 1.82) is 0 Å². The van der Waals surface area contributed by atoms with Crippen molar-refractivity contribution in [2.75, 3.05) is 0 Å². The van der Waals surface area contributed by atoms with Gasteiger partial charge in [0, 0.05) is 11.6 Å². The monoisotopic (exact) mass is 251 g/mol.